The van der Waals surface area contributed by atoms with Crippen LogP contribution in [0.1, 0.15) is 35.1 Å². The fourth-order valence-electron chi connectivity index (χ4n) is 1.15. The molecule has 1 aromatic heterocycles. The van der Waals surface area contributed by atoms with Gasteiger partial charge in [-0.05, 0) is 28.8 Å². The second kappa shape index (κ2) is 4.78. The molecule has 0 spiro atoms. The molecule has 0 radical (unpaired) electrons. The molecule has 0 amide bonds. The number of halogens is 1. The fraction of sp³-hybridized carbons (Fsp3) is 0.375. The Morgan fingerprint density at radius 2 is 2.07 bits per heavy atom. The number of carboxylic acid groups (broad SMARTS) is 1. The van der Waals surface area contributed by atoms with E-state index in [1.165, 1.54) is 0 Å². The number of carboxylic acids is 1. The van der Waals surface area contributed by atoms with Crippen LogP contribution in [0.2, 0.25) is 0 Å². The monoisotopic (exact) mass is 281 g/mol. The van der Waals surface area contributed by atoms with Gasteiger partial charge in [0.25, 0.3) is 0 Å². The van der Waals surface area contributed by atoms with Crippen LogP contribution in [0.3, 0.4) is 0 Å². The molecule has 1 heterocycles. The Hall–Kier alpha value is -0.170. The number of hydrogen-bond acceptors (Lipinski definition) is 4. The molecule has 1 aliphatic rings. The Morgan fingerprint density at radius 3 is 2.53 bits per heavy atom. The standard InChI is InChI=1S/C8H8BrN3O2.Na.H/c9-4-5(8(13)14)11-7(3-1-2-3)12-6(4)10;;/h3H,1-2H2,(H,13,14)(H2,10,11,12);;. The Morgan fingerprint density at radius 1 is 1.47 bits per heavy atom. The molecular formula is C8H9BrN3NaO2. The van der Waals surface area contributed by atoms with Crippen LogP contribution in [-0.4, -0.2) is 50.6 Å². The van der Waals surface area contributed by atoms with E-state index in [2.05, 4.69) is 25.9 Å². The normalized spacial score (nSPS) is 14.5. The molecule has 5 nitrogen and oxygen atoms in total. The summed E-state index contributed by atoms with van der Waals surface area (Å²) in [5.74, 6) is -0.0567. The van der Waals surface area contributed by atoms with Crippen molar-refractivity contribution in [3.8, 4) is 0 Å². The van der Waals surface area contributed by atoms with Crippen LogP contribution < -0.4 is 5.73 Å². The van der Waals surface area contributed by atoms with Crippen molar-refractivity contribution in [3.05, 3.63) is 16.0 Å². The maximum absolute atomic E-state index is 10.8. The van der Waals surface area contributed by atoms with Gasteiger partial charge in [-0.15, -0.1) is 0 Å². The molecule has 7 heteroatoms. The zero-order valence-electron chi connectivity index (χ0n) is 7.20. The third-order valence-electron chi connectivity index (χ3n) is 2.04. The first-order valence-corrected chi connectivity index (χ1v) is 4.95. The quantitative estimate of drug-likeness (QED) is 0.781. The third-order valence-corrected chi connectivity index (χ3v) is 2.82. The first-order valence-electron chi connectivity index (χ1n) is 4.15. The molecule has 2 rings (SSSR count). The van der Waals surface area contributed by atoms with E-state index in [4.69, 9.17) is 10.8 Å². The molecule has 1 fully saturated rings. The molecule has 0 aliphatic heterocycles. The minimum absolute atomic E-state index is 0. The maximum atomic E-state index is 10.8. The number of nitrogens with two attached hydrogens (primary N) is 1. The SMILES string of the molecule is Nc1nc(C2CC2)nc(C(=O)O)c1Br.[NaH]. The van der Waals surface area contributed by atoms with Crippen molar-refractivity contribution in [1.82, 2.24) is 9.97 Å². The second-order valence-corrected chi connectivity index (χ2v) is 4.00. The topological polar surface area (TPSA) is 89.1 Å². The minimum atomic E-state index is -1.09. The molecule has 1 aliphatic carbocycles. The fourth-order valence-corrected chi connectivity index (χ4v) is 1.50. The average molecular weight is 282 g/mol. The number of nitrogen functional groups attached to an aromatic ring is 1. The Bertz CT molecular complexity index is 409. The van der Waals surface area contributed by atoms with Crippen LogP contribution in [-0.2, 0) is 0 Å². The van der Waals surface area contributed by atoms with Gasteiger partial charge in [-0.25, -0.2) is 14.8 Å². The van der Waals surface area contributed by atoms with E-state index in [0.717, 1.165) is 12.8 Å². The van der Waals surface area contributed by atoms with E-state index < -0.39 is 5.97 Å². The predicted molar refractivity (Wildman–Crippen MR) is 60.2 cm³/mol. The summed E-state index contributed by atoms with van der Waals surface area (Å²) < 4.78 is 0.259. The van der Waals surface area contributed by atoms with E-state index >= 15 is 0 Å². The Balaban J connectivity index is 0.00000112. The molecule has 0 bridgehead atoms. The summed E-state index contributed by atoms with van der Waals surface area (Å²) in [7, 11) is 0. The van der Waals surface area contributed by atoms with Gasteiger partial charge in [-0.2, -0.15) is 0 Å². The van der Waals surface area contributed by atoms with Gasteiger partial charge in [0.15, 0.2) is 5.69 Å². The molecule has 0 atom stereocenters. The first-order chi connectivity index (χ1) is 6.59. The number of aromatic nitrogens is 2. The van der Waals surface area contributed by atoms with Crippen LogP contribution in [0.5, 0.6) is 0 Å². The molecule has 1 aromatic rings. The van der Waals surface area contributed by atoms with E-state index in [1.54, 1.807) is 0 Å². The number of anilines is 1. The molecule has 76 valence electrons. The summed E-state index contributed by atoms with van der Waals surface area (Å²) in [5, 5.41) is 8.84. The van der Waals surface area contributed by atoms with E-state index in [9.17, 15) is 4.79 Å². The molecule has 3 N–H and O–H groups in total. The van der Waals surface area contributed by atoms with Gasteiger partial charge in [0.05, 0.1) is 4.47 Å². The second-order valence-electron chi connectivity index (χ2n) is 3.21. The van der Waals surface area contributed by atoms with Crippen LogP contribution in [0, 0.1) is 0 Å². The molecule has 0 unspecified atom stereocenters. The summed E-state index contributed by atoms with van der Waals surface area (Å²) >= 11 is 3.05. The van der Waals surface area contributed by atoms with Gasteiger partial charge >= 0.3 is 35.5 Å². The van der Waals surface area contributed by atoms with Crippen molar-refractivity contribution in [2.24, 2.45) is 0 Å². The first kappa shape index (κ1) is 12.9. The average Bonchev–Trinajstić information content (AvgIpc) is 2.91. The molecule has 15 heavy (non-hydrogen) atoms. The van der Waals surface area contributed by atoms with Crippen LogP contribution >= 0.6 is 15.9 Å². The van der Waals surface area contributed by atoms with Crippen molar-refractivity contribution in [1.29, 1.82) is 0 Å². The predicted octanol–water partition coefficient (Wildman–Crippen LogP) is 0.748. The summed E-state index contributed by atoms with van der Waals surface area (Å²) in [6.45, 7) is 0. The molecule has 0 saturated heterocycles. The van der Waals surface area contributed by atoms with Crippen molar-refractivity contribution >= 4 is 57.3 Å². The number of carbonyl (C=O) groups is 1. The molecular weight excluding hydrogens is 273 g/mol. The van der Waals surface area contributed by atoms with Crippen molar-refractivity contribution < 1.29 is 9.90 Å². The van der Waals surface area contributed by atoms with Gasteiger partial charge < -0.3 is 10.8 Å². The number of nitrogens with zero attached hydrogens (tertiary/aromatic N) is 2. The summed E-state index contributed by atoms with van der Waals surface area (Å²) in [4.78, 5) is 18.8. The zero-order chi connectivity index (χ0) is 10.3. The van der Waals surface area contributed by atoms with Gasteiger partial charge in [0.2, 0.25) is 0 Å². The molecule has 1 saturated carbocycles. The van der Waals surface area contributed by atoms with Crippen molar-refractivity contribution in [2.45, 2.75) is 18.8 Å². The number of hydrogen-bond donors (Lipinski definition) is 2. The number of rotatable bonds is 2. The van der Waals surface area contributed by atoms with Crippen LogP contribution in [0.25, 0.3) is 0 Å². The molecule has 0 aromatic carbocycles. The zero-order valence-corrected chi connectivity index (χ0v) is 8.78. The van der Waals surface area contributed by atoms with E-state index in [0.29, 0.717) is 11.7 Å². The third kappa shape index (κ3) is 2.69. The van der Waals surface area contributed by atoms with E-state index in [1.807, 2.05) is 0 Å². The summed E-state index contributed by atoms with van der Waals surface area (Å²) in [6, 6.07) is 0. The van der Waals surface area contributed by atoms with Gasteiger partial charge in [-0.1, -0.05) is 0 Å². The summed E-state index contributed by atoms with van der Waals surface area (Å²) in [5.41, 5.74) is 5.51. The van der Waals surface area contributed by atoms with Gasteiger partial charge in [0, 0.05) is 5.92 Å². The van der Waals surface area contributed by atoms with Crippen LogP contribution in [0.4, 0.5) is 5.82 Å². The van der Waals surface area contributed by atoms with Crippen LogP contribution in [0.15, 0.2) is 4.47 Å². The summed E-state index contributed by atoms with van der Waals surface area (Å²) in [6.07, 6.45) is 2.03. The van der Waals surface area contributed by atoms with E-state index in [-0.39, 0.29) is 45.5 Å². The number of aromatic carboxylic acids is 1. The Labute approximate surface area is 117 Å². The van der Waals surface area contributed by atoms with Crippen molar-refractivity contribution in [2.75, 3.05) is 5.73 Å². The van der Waals surface area contributed by atoms with Crippen molar-refractivity contribution in [3.63, 3.8) is 0 Å². The van der Waals surface area contributed by atoms with Gasteiger partial charge in [0.1, 0.15) is 11.6 Å². The Kier molecular flexibility index (Phi) is 4.11. The van der Waals surface area contributed by atoms with Gasteiger partial charge in [-0.3, -0.25) is 0 Å².